The molecule has 0 atom stereocenters. The molecule has 0 saturated heterocycles. The Kier molecular flexibility index (Phi) is 4.17. The van der Waals surface area contributed by atoms with Crippen LogP contribution >= 0.6 is 0 Å². The first kappa shape index (κ1) is 18.5. The van der Waals surface area contributed by atoms with E-state index >= 15 is 0 Å². The van der Waals surface area contributed by atoms with Gasteiger partial charge in [-0.2, -0.15) is 9.57 Å². The topological polar surface area (TPSA) is 99.2 Å². The van der Waals surface area contributed by atoms with Gasteiger partial charge in [0.15, 0.2) is 0 Å². The third-order valence-corrected chi connectivity index (χ3v) is 7.11. The molecule has 0 fully saturated rings. The molecule has 4 rings (SSSR count). The third kappa shape index (κ3) is 2.66. The molecule has 144 valence electrons. The fourth-order valence-electron chi connectivity index (χ4n) is 3.82. The summed E-state index contributed by atoms with van der Waals surface area (Å²) in [5.74, 6) is 0.125. The van der Waals surface area contributed by atoms with Gasteiger partial charge in [-0.1, -0.05) is 0 Å². The number of rotatable bonds is 2. The molecule has 0 amide bonds. The summed E-state index contributed by atoms with van der Waals surface area (Å²) in [6.45, 7) is 6.08. The van der Waals surface area contributed by atoms with Crippen LogP contribution in [0.2, 0.25) is 0 Å². The van der Waals surface area contributed by atoms with Crippen molar-refractivity contribution in [1.29, 1.82) is 5.26 Å². The molecular formula is C20H20N4O3S. The molecule has 1 aromatic carbocycles. The van der Waals surface area contributed by atoms with Crippen molar-refractivity contribution >= 4 is 20.9 Å². The van der Waals surface area contributed by atoms with Gasteiger partial charge in [0, 0.05) is 18.8 Å². The number of aromatic hydroxyl groups is 1. The second-order valence-corrected chi connectivity index (χ2v) is 9.09. The van der Waals surface area contributed by atoms with Crippen LogP contribution in [-0.2, 0) is 23.1 Å². The van der Waals surface area contributed by atoms with Crippen LogP contribution < -0.4 is 0 Å². The number of hydrogen-bond acceptors (Lipinski definition) is 5. The molecule has 7 nitrogen and oxygen atoms in total. The lowest BCUT2D eigenvalue weighted by atomic mass is 10.0. The highest BCUT2D eigenvalue weighted by Gasteiger charge is 2.32. The molecule has 0 radical (unpaired) electrons. The first-order valence-electron chi connectivity index (χ1n) is 8.93. The summed E-state index contributed by atoms with van der Waals surface area (Å²) in [5, 5.41) is 20.3. The van der Waals surface area contributed by atoms with E-state index in [0.29, 0.717) is 39.8 Å². The molecule has 8 heteroatoms. The van der Waals surface area contributed by atoms with Crippen LogP contribution in [0.5, 0.6) is 5.88 Å². The molecule has 0 spiro atoms. The lowest BCUT2D eigenvalue weighted by molar-refractivity contribution is 0.318. The van der Waals surface area contributed by atoms with Crippen molar-refractivity contribution in [1.82, 2.24) is 13.9 Å². The minimum Gasteiger partial charge on any atom is -0.494 e. The number of sulfonamides is 1. The number of aromatic nitrogens is 2. The lowest BCUT2D eigenvalue weighted by Crippen LogP contribution is -2.38. The Morgan fingerprint density at radius 1 is 1.14 bits per heavy atom. The van der Waals surface area contributed by atoms with Crippen LogP contribution in [0, 0.1) is 32.1 Å². The fraction of sp³-hybridized carbons (Fsp3) is 0.300. The Labute approximate surface area is 163 Å². The quantitative estimate of drug-likeness (QED) is 0.718. The highest BCUT2D eigenvalue weighted by atomic mass is 32.2. The number of benzene rings is 1. The summed E-state index contributed by atoms with van der Waals surface area (Å²) in [6.07, 6.45) is 0. The van der Waals surface area contributed by atoms with Gasteiger partial charge in [-0.15, -0.1) is 0 Å². The number of nitrogens with zero attached hydrogens (tertiary/aromatic N) is 4. The highest BCUT2D eigenvalue weighted by molar-refractivity contribution is 7.89. The maximum absolute atomic E-state index is 13.3. The first-order valence-corrected chi connectivity index (χ1v) is 10.4. The first-order chi connectivity index (χ1) is 13.2. The van der Waals surface area contributed by atoms with Crippen LogP contribution in [0.3, 0.4) is 0 Å². The summed E-state index contributed by atoms with van der Waals surface area (Å²) in [6, 6.07) is 8.85. The van der Waals surface area contributed by atoms with Crippen molar-refractivity contribution in [2.24, 2.45) is 0 Å². The van der Waals surface area contributed by atoms with Crippen LogP contribution in [0.25, 0.3) is 10.9 Å². The van der Waals surface area contributed by atoms with Crippen LogP contribution in [0.4, 0.5) is 0 Å². The molecule has 0 unspecified atom stereocenters. The molecule has 3 aromatic rings. The van der Waals surface area contributed by atoms with E-state index in [2.05, 4.69) is 11.1 Å². The fourth-order valence-corrected chi connectivity index (χ4v) is 5.38. The number of aryl methyl sites for hydroxylation is 3. The lowest BCUT2D eigenvalue weighted by Gasteiger charge is -2.28. The Morgan fingerprint density at radius 2 is 1.82 bits per heavy atom. The predicted molar refractivity (Wildman–Crippen MR) is 104 cm³/mol. The average Bonchev–Trinajstić information content (AvgIpc) is 2.93. The van der Waals surface area contributed by atoms with Gasteiger partial charge in [-0.3, -0.25) is 4.98 Å². The third-order valence-electron chi connectivity index (χ3n) is 5.29. The van der Waals surface area contributed by atoms with E-state index in [1.165, 1.54) is 4.31 Å². The largest absolute Gasteiger partial charge is 0.494 e. The minimum atomic E-state index is -3.74. The van der Waals surface area contributed by atoms with E-state index in [4.69, 9.17) is 0 Å². The van der Waals surface area contributed by atoms with Gasteiger partial charge in [0.25, 0.3) is 0 Å². The molecule has 2 aromatic heterocycles. The van der Waals surface area contributed by atoms with Crippen LogP contribution in [-0.4, -0.2) is 33.9 Å². The van der Waals surface area contributed by atoms with Crippen molar-refractivity contribution in [3.63, 3.8) is 0 Å². The second-order valence-electron chi connectivity index (χ2n) is 7.15. The standard InChI is InChI=1S/C20H20N4O3S/c1-12-8-15(9-13(2)17(12)10-21)28(26,27)23-6-7-24-18(11-23)19-16(20(24)25)5-4-14(3)22-19/h4-5,8-9,25H,6-7,11H2,1-3H3. The van der Waals surface area contributed by atoms with Gasteiger partial charge in [-0.05, 0) is 56.2 Å². The van der Waals surface area contributed by atoms with Gasteiger partial charge >= 0.3 is 0 Å². The van der Waals surface area contributed by atoms with Crippen molar-refractivity contribution in [2.45, 2.75) is 38.8 Å². The summed E-state index contributed by atoms with van der Waals surface area (Å²) in [5.41, 5.74) is 3.91. The second kappa shape index (κ2) is 6.33. The molecule has 1 N–H and O–H groups in total. The Morgan fingerprint density at radius 3 is 2.46 bits per heavy atom. The Hall–Kier alpha value is -2.89. The SMILES string of the molecule is Cc1ccc2c(O)n3c(c2n1)CN(S(=O)(=O)c1cc(C)c(C#N)c(C)c1)CC3. The van der Waals surface area contributed by atoms with Crippen LogP contribution in [0.15, 0.2) is 29.2 Å². The van der Waals surface area contributed by atoms with Crippen molar-refractivity contribution < 1.29 is 13.5 Å². The number of hydrogen-bond donors (Lipinski definition) is 1. The van der Waals surface area contributed by atoms with E-state index < -0.39 is 10.0 Å². The normalized spacial score (nSPS) is 14.8. The molecule has 28 heavy (non-hydrogen) atoms. The zero-order chi connectivity index (χ0) is 20.2. The zero-order valence-electron chi connectivity index (χ0n) is 15.9. The molecule has 0 bridgehead atoms. The maximum atomic E-state index is 13.3. The zero-order valence-corrected chi connectivity index (χ0v) is 16.7. The van der Waals surface area contributed by atoms with E-state index in [1.807, 2.05) is 19.1 Å². The van der Waals surface area contributed by atoms with E-state index in [-0.39, 0.29) is 23.9 Å². The van der Waals surface area contributed by atoms with Crippen molar-refractivity contribution in [2.75, 3.05) is 6.54 Å². The maximum Gasteiger partial charge on any atom is 0.243 e. The monoisotopic (exact) mass is 396 g/mol. The van der Waals surface area contributed by atoms with Gasteiger partial charge in [-0.25, -0.2) is 8.42 Å². The van der Waals surface area contributed by atoms with E-state index in [0.717, 1.165) is 5.69 Å². The van der Waals surface area contributed by atoms with Gasteiger partial charge in [0.1, 0.15) is 0 Å². The van der Waals surface area contributed by atoms with E-state index in [1.54, 1.807) is 30.5 Å². The number of fused-ring (bicyclic) bond motifs is 3. The highest BCUT2D eigenvalue weighted by Crippen LogP contribution is 2.35. The number of pyridine rings is 1. The predicted octanol–water partition coefficient (Wildman–Crippen LogP) is 2.74. The molecule has 0 saturated carbocycles. The molecule has 3 heterocycles. The molecular weight excluding hydrogens is 376 g/mol. The van der Waals surface area contributed by atoms with Crippen molar-refractivity contribution in [3.05, 3.63) is 52.3 Å². The minimum absolute atomic E-state index is 0.125. The molecule has 1 aliphatic rings. The molecule has 0 aliphatic carbocycles. The van der Waals surface area contributed by atoms with Gasteiger partial charge in [0.2, 0.25) is 15.9 Å². The summed E-state index contributed by atoms with van der Waals surface area (Å²) in [7, 11) is -3.74. The Balaban J connectivity index is 1.79. The van der Waals surface area contributed by atoms with Crippen LogP contribution in [0.1, 0.15) is 28.1 Å². The smallest absolute Gasteiger partial charge is 0.243 e. The van der Waals surface area contributed by atoms with E-state index in [9.17, 15) is 18.8 Å². The number of nitriles is 1. The Bertz CT molecular complexity index is 1250. The van der Waals surface area contributed by atoms with Gasteiger partial charge < -0.3 is 9.67 Å². The summed E-state index contributed by atoms with van der Waals surface area (Å²) >= 11 is 0. The average molecular weight is 396 g/mol. The summed E-state index contributed by atoms with van der Waals surface area (Å²) < 4.78 is 29.7. The molecule has 1 aliphatic heterocycles. The van der Waals surface area contributed by atoms with Gasteiger partial charge in [0.05, 0.1) is 39.7 Å². The van der Waals surface area contributed by atoms with Crippen molar-refractivity contribution in [3.8, 4) is 11.9 Å². The summed E-state index contributed by atoms with van der Waals surface area (Å²) in [4.78, 5) is 4.69.